The quantitative estimate of drug-likeness (QED) is 0.705. The van der Waals surface area contributed by atoms with Crippen molar-refractivity contribution in [3.05, 3.63) is 29.6 Å². The topological polar surface area (TPSA) is 48.7 Å². The van der Waals surface area contributed by atoms with Crippen LogP contribution in [0.5, 0.6) is 0 Å². The molecule has 0 spiro atoms. The summed E-state index contributed by atoms with van der Waals surface area (Å²) in [5.41, 5.74) is 1.59. The molecule has 1 N–H and O–H groups in total. The zero-order chi connectivity index (χ0) is 9.52. The molecule has 0 aliphatic heterocycles. The minimum Gasteiger partial charge on any atom is -0.311 e. The van der Waals surface area contributed by atoms with E-state index in [0.29, 0.717) is 5.56 Å². The number of nitrogens with one attached hydrogen (secondary N) is 1. The Labute approximate surface area is 78.4 Å². The Bertz CT molecular complexity index is 284. The average molecular weight is 175 g/mol. The molecule has 0 atom stereocenters. The van der Waals surface area contributed by atoms with Gasteiger partial charge in [0.05, 0.1) is 11.3 Å². The summed E-state index contributed by atoms with van der Waals surface area (Å²) in [6.07, 6.45) is 2.72. The van der Waals surface area contributed by atoms with Crippen LogP contribution < -0.4 is 5.32 Å². The summed E-state index contributed by atoms with van der Waals surface area (Å²) in [4.78, 5) is 4.14. The summed E-state index contributed by atoms with van der Waals surface area (Å²) >= 11 is 0. The predicted octanol–water partition coefficient (Wildman–Crippen LogP) is 1.45. The second-order valence-corrected chi connectivity index (χ2v) is 2.83. The van der Waals surface area contributed by atoms with Gasteiger partial charge in [0.25, 0.3) is 0 Å². The van der Waals surface area contributed by atoms with E-state index in [2.05, 4.69) is 17.2 Å². The Kier molecular flexibility index (Phi) is 3.94. The van der Waals surface area contributed by atoms with E-state index in [4.69, 9.17) is 5.26 Å². The van der Waals surface area contributed by atoms with Crippen molar-refractivity contribution in [3.8, 4) is 6.07 Å². The Morgan fingerprint density at radius 2 is 2.38 bits per heavy atom. The molecule has 0 aliphatic rings. The summed E-state index contributed by atoms with van der Waals surface area (Å²) in [7, 11) is 0. The van der Waals surface area contributed by atoms with Crippen LogP contribution in [-0.4, -0.2) is 11.5 Å². The molecule has 0 aromatic carbocycles. The van der Waals surface area contributed by atoms with Crippen LogP contribution in [0.3, 0.4) is 0 Å². The molecule has 13 heavy (non-hydrogen) atoms. The normalized spacial score (nSPS) is 9.54. The van der Waals surface area contributed by atoms with Gasteiger partial charge in [-0.1, -0.05) is 6.92 Å². The molecule has 1 aromatic rings. The Morgan fingerprint density at radius 3 is 2.92 bits per heavy atom. The van der Waals surface area contributed by atoms with Crippen molar-refractivity contribution in [3.63, 3.8) is 0 Å². The van der Waals surface area contributed by atoms with Gasteiger partial charge < -0.3 is 5.32 Å². The molecular weight excluding hydrogens is 162 g/mol. The van der Waals surface area contributed by atoms with Crippen LogP contribution in [0.25, 0.3) is 0 Å². The number of hydrogen-bond donors (Lipinski definition) is 1. The van der Waals surface area contributed by atoms with E-state index in [1.165, 1.54) is 0 Å². The second kappa shape index (κ2) is 5.28. The summed E-state index contributed by atoms with van der Waals surface area (Å²) in [6, 6.07) is 5.70. The highest BCUT2D eigenvalue weighted by Gasteiger charge is 1.93. The van der Waals surface area contributed by atoms with Gasteiger partial charge in [-0.05, 0) is 25.1 Å². The maximum absolute atomic E-state index is 8.54. The van der Waals surface area contributed by atoms with Crippen molar-refractivity contribution in [1.29, 1.82) is 5.26 Å². The number of hydrogen-bond acceptors (Lipinski definition) is 3. The molecule has 0 saturated carbocycles. The second-order valence-electron chi connectivity index (χ2n) is 2.83. The molecule has 0 unspecified atom stereocenters. The Hall–Kier alpha value is -1.40. The van der Waals surface area contributed by atoms with E-state index in [-0.39, 0.29) is 0 Å². The maximum atomic E-state index is 8.54. The molecule has 0 amide bonds. The molecule has 68 valence electrons. The van der Waals surface area contributed by atoms with Crippen molar-refractivity contribution in [2.24, 2.45) is 0 Å². The molecular formula is C10H13N3. The van der Waals surface area contributed by atoms with Crippen LogP contribution in [0.1, 0.15) is 24.6 Å². The van der Waals surface area contributed by atoms with Gasteiger partial charge in [0.2, 0.25) is 0 Å². The van der Waals surface area contributed by atoms with Crippen LogP contribution in [-0.2, 0) is 6.54 Å². The van der Waals surface area contributed by atoms with Crippen molar-refractivity contribution < 1.29 is 0 Å². The zero-order valence-corrected chi connectivity index (χ0v) is 7.75. The lowest BCUT2D eigenvalue weighted by Gasteiger charge is -2.01. The van der Waals surface area contributed by atoms with Crippen LogP contribution in [0.4, 0.5) is 0 Å². The summed E-state index contributed by atoms with van der Waals surface area (Å²) < 4.78 is 0. The third-order valence-corrected chi connectivity index (χ3v) is 1.69. The molecule has 0 aliphatic carbocycles. The van der Waals surface area contributed by atoms with Crippen molar-refractivity contribution >= 4 is 0 Å². The van der Waals surface area contributed by atoms with Gasteiger partial charge in [-0.3, -0.25) is 4.98 Å². The molecule has 3 heteroatoms. The van der Waals surface area contributed by atoms with Crippen LogP contribution in [0.15, 0.2) is 18.3 Å². The largest absolute Gasteiger partial charge is 0.311 e. The molecule has 0 radical (unpaired) electrons. The zero-order valence-electron chi connectivity index (χ0n) is 7.75. The highest BCUT2D eigenvalue weighted by Crippen LogP contribution is 1.97. The lowest BCUT2D eigenvalue weighted by atomic mass is 10.2. The maximum Gasteiger partial charge on any atom is 0.101 e. The van der Waals surface area contributed by atoms with Crippen LogP contribution >= 0.6 is 0 Å². The average Bonchev–Trinajstić information content (AvgIpc) is 2.19. The van der Waals surface area contributed by atoms with E-state index >= 15 is 0 Å². The molecule has 0 bridgehead atoms. The monoisotopic (exact) mass is 175 g/mol. The molecule has 3 nitrogen and oxygen atoms in total. The van der Waals surface area contributed by atoms with E-state index in [1.807, 2.05) is 12.1 Å². The number of rotatable bonds is 4. The van der Waals surface area contributed by atoms with Gasteiger partial charge in [0, 0.05) is 12.7 Å². The first kappa shape index (κ1) is 9.69. The first-order chi connectivity index (χ1) is 6.36. The van der Waals surface area contributed by atoms with E-state index < -0.39 is 0 Å². The number of pyridine rings is 1. The first-order valence-corrected chi connectivity index (χ1v) is 4.42. The molecule has 1 heterocycles. The van der Waals surface area contributed by atoms with Crippen molar-refractivity contribution in [2.75, 3.05) is 6.54 Å². The molecule has 0 fully saturated rings. The minimum absolute atomic E-state index is 0.610. The van der Waals surface area contributed by atoms with Crippen molar-refractivity contribution in [1.82, 2.24) is 10.3 Å². The fourth-order valence-electron chi connectivity index (χ4n) is 0.988. The molecule has 0 saturated heterocycles. The smallest absolute Gasteiger partial charge is 0.101 e. The van der Waals surface area contributed by atoms with Gasteiger partial charge in [-0.15, -0.1) is 0 Å². The number of nitrogens with zero attached hydrogens (tertiary/aromatic N) is 2. The SMILES string of the molecule is CCCNCc1ccc(C#N)cn1. The van der Waals surface area contributed by atoms with Crippen LogP contribution in [0, 0.1) is 11.3 Å². The van der Waals surface area contributed by atoms with Gasteiger partial charge in [-0.25, -0.2) is 0 Å². The lowest BCUT2D eigenvalue weighted by Crippen LogP contribution is -2.14. The predicted molar refractivity (Wildman–Crippen MR) is 50.9 cm³/mol. The van der Waals surface area contributed by atoms with E-state index in [1.54, 1.807) is 12.3 Å². The van der Waals surface area contributed by atoms with Crippen LogP contribution in [0.2, 0.25) is 0 Å². The number of aromatic nitrogens is 1. The highest BCUT2D eigenvalue weighted by atomic mass is 14.9. The Balaban J connectivity index is 2.46. The Morgan fingerprint density at radius 1 is 1.54 bits per heavy atom. The molecule has 1 aromatic heterocycles. The standard InChI is InChI=1S/C10H13N3/c1-2-5-12-8-10-4-3-9(6-11)7-13-10/h3-4,7,12H,2,5,8H2,1H3. The van der Waals surface area contributed by atoms with Gasteiger partial charge in [0.15, 0.2) is 0 Å². The fraction of sp³-hybridized carbons (Fsp3) is 0.400. The van der Waals surface area contributed by atoms with Gasteiger partial charge in [0.1, 0.15) is 6.07 Å². The summed E-state index contributed by atoms with van der Waals surface area (Å²) in [6.45, 7) is 3.90. The van der Waals surface area contributed by atoms with E-state index in [0.717, 1.165) is 25.2 Å². The fourth-order valence-corrected chi connectivity index (χ4v) is 0.988. The van der Waals surface area contributed by atoms with Gasteiger partial charge >= 0.3 is 0 Å². The highest BCUT2D eigenvalue weighted by molar-refractivity contribution is 5.26. The van der Waals surface area contributed by atoms with Gasteiger partial charge in [-0.2, -0.15) is 5.26 Å². The summed E-state index contributed by atoms with van der Waals surface area (Å²) in [5, 5.41) is 11.8. The number of nitriles is 1. The first-order valence-electron chi connectivity index (χ1n) is 4.42. The molecule has 1 rings (SSSR count). The lowest BCUT2D eigenvalue weighted by molar-refractivity contribution is 0.664. The van der Waals surface area contributed by atoms with E-state index in [9.17, 15) is 0 Å². The third-order valence-electron chi connectivity index (χ3n) is 1.69. The summed E-state index contributed by atoms with van der Waals surface area (Å²) in [5.74, 6) is 0. The van der Waals surface area contributed by atoms with Crippen molar-refractivity contribution in [2.45, 2.75) is 19.9 Å². The third kappa shape index (κ3) is 3.22. The minimum atomic E-state index is 0.610.